The molecule has 0 spiro atoms. The molecule has 0 saturated carbocycles. The van der Waals surface area contributed by atoms with Gasteiger partial charge in [0.05, 0.1) is 11.3 Å². The minimum absolute atomic E-state index is 0.239. The van der Waals surface area contributed by atoms with Gasteiger partial charge in [-0.3, -0.25) is 4.79 Å². The molecule has 0 atom stereocenters. The van der Waals surface area contributed by atoms with E-state index in [1.54, 1.807) is 19.9 Å². The normalized spacial score (nSPS) is 10.3. The number of carbonyl (C=O) groups is 1. The third-order valence-corrected chi connectivity index (χ3v) is 3.18. The van der Waals surface area contributed by atoms with Crippen LogP contribution in [0.25, 0.3) is 0 Å². The number of rotatable bonds is 2. The zero-order valence-electron chi connectivity index (χ0n) is 11.0. The van der Waals surface area contributed by atoms with E-state index < -0.39 is 0 Å². The topological polar surface area (TPSA) is 54.9 Å². The van der Waals surface area contributed by atoms with Gasteiger partial charge in [-0.15, -0.1) is 0 Å². The largest absolute Gasteiger partial charge is 0.322 e. The Morgan fingerprint density at radius 1 is 1.26 bits per heavy atom. The maximum Gasteiger partial charge on any atom is 0.259 e. The lowest BCUT2D eigenvalue weighted by molar-refractivity contribution is 0.102. The van der Waals surface area contributed by atoms with Crippen LogP contribution in [0.2, 0.25) is 5.02 Å². The van der Waals surface area contributed by atoms with Crippen LogP contribution >= 0.6 is 11.6 Å². The Hall–Kier alpha value is -1.94. The average Bonchev–Trinajstić information content (AvgIpc) is 2.33. The second kappa shape index (κ2) is 5.36. The number of nitrogens with one attached hydrogen (secondary N) is 1. The number of halogens is 1. The van der Waals surface area contributed by atoms with E-state index in [9.17, 15) is 4.79 Å². The summed E-state index contributed by atoms with van der Waals surface area (Å²) >= 11 is 6.02. The molecule has 0 bridgehead atoms. The van der Waals surface area contributed by atoms with Gasteiger partial charge < -0.3 is 5.32 Å². The summed E-state index contributed by atoms with van der Waals surface area (Å²) in [6.45, 7) is 5.48. The molecule has 0 saturated heterocycles. The van der Waals surface area contributed by atoms with Crippen molar-refractivity contribution in [1.29, 1.82) is 0 Å². The maximum atomic E-state index is 12.1. The van der Waals surface area contributed by atoms with E-state index in [4.69, 9.17) is 11.6 Å². The van der Waals surface area contributed by atoms with Crippen LogP contribution in [-0.2, 0) is 0 Å². The highest BCUT2D eigenvalue weighted by Crippen LogP contribution is 2.20. The van der Waals surface area contributed by atoms with E-state index >= 15 is 0 Å². The molecule has 1 aromatic carbocycles. The monoisotopic (exact) mass is 275 g/mol. The summed E-state index contributed by atoms with van der Waals surface area (Å²) in [6, 6.07) is 5.39. The summed E-state index contributed by atoms with van der Waals surface area (Å²) < 4.78 is 0. The Bertz CT molecular complexity index is 641. The first-order chi connectivity index (χ1) is 8.97. The van der Waals surface area contributed by atoms with Crippen molar-refractivity contribution < 1.29 is 4.79 Å². The van der Waals surface area contributed by atoms with Crippen LogP contribution < -0.4 is 5.32 Å². The molecule has 98 valence electrons. The first kappa shape index (κ1) is 13.5. The highest BCUT2D eigenvalue weighted by Gasteiger charge is 2.11. The summed E-state index contributed by atoms with van der Waals surface area (Å²) in [5.41, 5.74) is 2.74. The van der Waals surface area contributed by atoms with Crippen molar-refractivity contribution in [2.24, 2.45) is 0 Å². The number of benzene rings is 1. The summed E-state index contributed by atoms with van der Waals surface area (Å²) in [5.74, 6) is 0.407. The lowest BCUT2D eigenvalue weighted by atomic mass is 10.2. The van der Waals surface area contributed by atoms with Gasteiger partial charge in [0.15, 0.2) is 0 Å². The van der Waals surface area contributed by atoms with Gasteiger partial charge in [-0.05, 0) is 38.5 Å². The highest BCUT2D eigenvalue weighted by atomic mass is 35.5. The SMILES string of the molecule is Cc1ncc(C(=O)Nc2ccc(C)c(Cl)c2)c(C)n1. The zero-order chi connectivity index (χ0) is 14.0. The number of hydrogen-bond donors (Lipinski definition) is 1. The van der Waals surface area contributed by atoms with Crippen molar-refractivity contribution >= 4 is 23.2 Å². The Morgan fingerprint density at radius 3 is 2.63 bits per heavy atom. The predicted octanol–water partition coefficient (Wildman–Crippen LogP) is 3.31. The third kappa shape index (κ3) is 3.09. The first-order valence-electron chi connectivity index (χ1n) is 5.85. The molecule has 2 rings (SSSR count). The number of nitrogens with zero attached hydrogens (tertiary/aromatic N) is 2. The van der Waals surface area contributed by atoms with Crippen molar-refractivity contribution in [1.82, 2.24) is 9.97 Å². The molecule has 19 heavy (non-hydrogen) atoms. The van der Waals surface area contributed by atoms with Crippen molar-refractivity contribution in [3.63, 3.8) is 0 Å². The lowest BCUT2D eigenvalue weighted by Gasteiger charge is -2.08. The second-order valence-electron chi connectivity index (χ2n) is 4.33. The minimum Gasteiger partial charge on any atom is -0.322 e. The van der Waals surface area contributed by atoms with Crippen LogP contribution in [0.3, 0.4) is 0 Å². The van der Waals surface area contributed by atoms with Crippen LogP contribution in [0.4, 0.5) is 5.69 Å². The van der Waals surface area contributed by atoms with Crippen LogP contribution in [0.1, 0.15) is 27.4 Å². The fraction of sp³-hybridized carbons (Fsp3) is 0.214. The molecule has 0 radical (unpaired) electrons. The highest BCUT2D eigenvalue weighted by molar-refractivity contribution is 6.31. The molecule has 0 aliphatic heterocycles. The Morgan fingerprint density at radius 2 is 2.00 bits per heavy atom. The van der Waals surface area contributed by atoms with Gasteiger partial charge in [0.1, 0.15) is 5.82 Å². The van der Waals surface area contributed by atoms with Crippen LogP contribution in [0, 0.1) is 20.8 Å². The smallest absolute Gasteiger partial charge is 0.259 e. The molecule has 0 unspecified atom stereocenters. The molecule has 1 aromatic heterocycles. The fourth-order valence-electron chi connectivity index (χ4n) is 1.68. The van der Waals surface area contributed by atoms with Gasteiger partial charge in [0.25, 0.3) is 5.91 Å². The summed E-state index contributed by atoms with van der Waals surface area (Å²) in [5, 5.41) is 3.40. The fourth-order valence-corrected chi connectivity index (χ4v) is 1.86. The molecule has 1 heterocycles. The first-order valence-corrected chi connectivity index (χ1v) is 6.23. The van der Waals surface area contributed by atoms with E-state index in [1.807, 2.05) is 19.1 Å². The van der Waals surface area contributed by atoms with E-state index in [1.165, 1.54) is 6.20 Å². The van der Waals surface area contributed by atoms with Crippen molar-refractivity contribution in [2.75, 3.05) is 5.32 Å². The molecular weight excluding hydrogens is 262 g/mol. The van der Waals surface area contributed by atoms with E-state index in [-0.39, 0.29) is 5.91 Å². The number of aryl methyl sites for hydroxylation is 3. The summed E-state index contributed by atoms with van der Waals surface area (Å²) in [6.07, 6.45) is 1.53. The molecule has 5 heteroatoms. The molecule has 1 amide bonds. The van der Waals surface area contributed by atoms with Crippen molar-refractivity contribution in [3.05, 3.63) is 52.1 Å². The summed E-state index contributed by atoms with van der Waals surface area (Å²) in [7, 11) is 0. The molecule has 1 N–H and O–H groups in total. The number of aromatic nitrogens is 2. The predicted molar refractivity (Wildman–Crippen MR) is 75.6 cm³/mol. The lowest BCUT2D eigenvalue weighted by Crippen LogP contribution is -2.15. The maximum absolute atomic E-state index is 12.1. The molecule has 0 fully saturated rings. The summed E-state index contributed by atoms with van der Waals surface area (Å²) in [4.78, 5) is 20.3. The van der Waals surface area contributed by atoms with Gasteiger partial charge in [0, 0.05) is 16.9 Å². The Kier molecular flexibility index (Phi) is 3.81. The average molecular weight is 276 g/mol. The van der Waals surface area contributed by atoms with Gasteiger partial charge in [-0.1, -0.05) is 17.7 Å². The van der Waals surface area contributed by atoms with E-state index in [0.717, 1.165) is 5.56 Å². The van der Waals surface area contributed by atoms with Crippen molar-refractivity contribution in [2.45, 2.75) is 20.8 Å². The van der Waals surface area contributed by atoms with Gasteiger partial charge in [0.2, 0.25) is 0 Å². The minimum atomic E-state index is -0.239. The van der Waals surface area contributed by atoms with Crippen LogP contribution in [0.15, 0.2) is 24.4 Å². The number of anilines is 1. The third-order valence-electron chi connectivity index (χ3n) is 2.77. The number of hydrogen-bond acceptors (Lipinski definition) is 3. The molecule has 4 nitrogen and oxygen atoms in total. The van der Waals surface area contributed by atoms with E-state index in [0.29, 0.717) is 27.8 Å². The quantitative estimate of drug-likeness (QED) is 0.915. The Labute approximate surface area is 116 Å². The molecule has 0 aliphatic rings. The molecule has 2 aromatic rings. The van der Waals surface area contributed by atoms with E-state index in [2.05, 4.69) is 15.3 Å². The van der Waals surface area contributed by atoms with Crippen molar-refractivity contribution in [3.8, 4) is 0 Å². The van der Waals surface area contributed by atoms with Crippen LogP contribution in [0.5, 0.6) is 0 Å². The molecular formula is C14H14ClN3O. The van der Waals surface area contributed by atoms with Gasteiger partial charge >= 0.3 is 0 Å². The second-order valence-corrected chi connectivity index (χ2v) is 4.74. The standard InChI is InChI=1S/C14H14ClN3O/c1-8-4-5-11(6-13(8)15)18-14(19)12-7-16-10(3)17-9(12)2/h4-7H,1-3H3,(H,18,19). The number of carbonyl (C=O) groups excluding carboxylic acids is 1. The van der Waals surface area contributed by atoms with Gasteiger partial charge in [-0.25, -0.2) is 9.97 Å². The number of amides is 1. The zero-order valence-corrected chi connectivity index (χ0v) is 11.7. The molecule has 0 aliphatic carbocycles. The van der Waals surface area contributed by atoms with Gasteiger partial charge in [-0.2, -0.15) is 0 Å². The van der Waals surface area contributed by atoms with Crippen LogP contribution in [-0.4, -0.2) is 15.9 Å². The Balaban J connectivity index is 2.23.